The van der Waals surface area contributed by atoms with Gasteiger partial charge in [-0.25, -0.2) is 0 Å². The van der Waals surface area contributed by atoms with E-state index in [9.17, 15) is 5.11 Å². The van der Waals surface area contributed by atoms with Crippen molar-refractivity contribution in [1.29, 1.82) is 0 Å². The minimum absolute atomic E-state index is 0.131. The van der Waals surface area contributed by atoms with Gasteiger partial charge in [0, 0.05) is 23.4 Å². The molecular formula is C19H27BBrN5O2. The molecule has 2 radical (unpaired) electrons. The number of piperidine rings is 1. The number of benzene rings is 1. The van der Waals surface area contributed by atoms with Crippen molar-refractivity contribution < 1.29 is 9.84 Å². The summed E-state index contributed by atoms with van der Waals surface area (Å²) < 4.78 is 5.70. The first-order valence-electron chi connectivity index (χ1n) is 9.10. The van der Waals surface area contributed by atoms with Crippen LogP contribution in [0.4, 0.5) is 0 Å². The number of nitrogens with two attached hydrogens (primary N) is 2. The summed E-state index contributed by atoms with van der Waals surface area (Å²) in [6, 6.07) is 5.17. The highest BCUT2D eigenvalue weighted by molar-refractivity contribution is 9.11. The maximum absolute atomic E-state index is 9.59. The van der Waals surface area contributed by atoms with Crippen LogP contribution in [0.1, 0.15) is 25.3 Å². The van der Waals surface area contributed by atoms with Crippen LogP contribution in [-0.4, -0.2) is 50.0 Å². The zero-order valence-corrected chi connectivity index (χ0v) is 17.9. The smallest absolute Gasteiger partial charge is 0.182 e. The molecule has 7 nitrogen and oxygen atoms in total. The lowest BCUT2D eigenvalue weighted by Crippen LogP contribution is -2.42. The second kappa shape index (κ2) is 10.4. The topological polar surface area (TPSA) is 109 Å². The van der Waals surface area contributed by atoms with E-state index in [0.717, 1.165) is 37.2 Å². The Bertz CT molecular complexity index is 770. The number of allylic oxidation sites excluding steroid dienone is 1. The zero-order valence-electron chi connectivity index (χ0n) is 16.3. The number of aromatic hydroxyl groups is 1. The molecule has 0 aliphatic carbocycles. The van der Waals surface area contributed by atoms with Crippen molar-refractivity contribution in [3.8, 4) is 11.5 Å². The lowest BCUT2D eigenvalue weighted by molar-refractivity contribution is 0.312. The Kier molecular flexibility index (Phi) is 8.26. The fourth-order valence-corrected chi connectivity index (χ4v) is 3.48. The Morgan fingerprint density at radius 1 is 1.43 bits per heavy atom. The van der Waals surface area contributed by atoms with Gasteiger partial charge in [0.15, 0.2) is 7.98 Å². The molecule has 0 amide bonds. The van der Waals surface area contributed by atoms with Crippen molar-refractivity contribution in [1.82, 2.24) is 10.1 Å². The first-order valence-corrected chi connectivity index (χ1v) is 9.89. The number of rotatable bonds is 7. The van der Waals surface area contributed by atoms with E-state index in [2.05, 4.69) is 26.2 Å². The Balaban J connectivity index is 2.17. The van der Waals surface area contributed by atoms with Crippen LogP contribution in [0.3, 0.4) is 0 Å². The first kappa shape index (κ1) is 22.2. The molecule has 0 atom stereocenters. The third-order valence-electron chi connectivity index (χ3n) is 4.63. The van der Waals surface area contributed by atoms with E-state index in [4.69, 9.17) is 24.2 Å². The van der Waals surface area contributed by atoms with Gasteiger partial charge in [-0.2, -0.15) is 0 Å². The van der Waals surface area contributed by atoms with Crippen LogP contribution in [0.5, 0.6) is 11.5 Å². The van der Waals surface area contributed by atoms with Crippen LogP contribution >= 0.6 is 15.9 Å². The van der Waals surface area contributed by atoms with Crippen molar-refractivity contribution in [3.05, 3.63) is 45.7 Å². The number of hydrogen-bond donors (Lipinski definition) is 4. The van der Waals surface area contributed by atoms with Gasteiger partial charge in [-0.15, -0.1) is 0 Å². The predicted molar refractivity (Wildman–Crippen MR) is 117 cm³/mol. The number of methoxy groups -OCH3 is 1. The van der Waals surface area contributed by atoms with Gasteiger partial charge in [0.2, 0.25) is 0 Å². The Labute approximate surface area is 176 Å². The second-order valence-electron chi connectivity index (χ2n) is 6.58. The lowest BCUT2D eigenvalue weighted by Gasteiger charge is -2.31. The number of nitrogens with zero attached hydrogens (tertiary/aromatic N) is 2. The van der Waals surface area contributed by atoms with Crippen LogP contribution in [0.25, 0.3) is 0 Å². The number of aliphatic imine (C=N–C) groups is 1. The largest absolute Gasteiger partial charge is 0.508 e. The van der Waals surface area contributed by atoms with Crippen LogP contribution in [0.2, 0.25) is 0 Å². The number of amidine groups is 1. The van der Waals surface area contributed by atoms with E-state index in [-0.39, 0.29) is 11.8 Å². The highest BCUT2D eigenvalue weighted by atomic mass is 79.9. The fraction of sp³-hybridized carbons (Fsp3) is 0.421. The van der Waals surface area contributed by atoms with Gasteiger partial charge in [-0.3, -0.25) is 4.99 Å². The molecule has 28 heavy (non-hydrogen) atoms. The second-order valence-corrected chi connectivity index (χ2v) is 7.43. The molecule has 0 spiro atoms. The van der Waals surface area contributed by atoms with Crippen LogP contribution in [0.15, 0.2) is 45.1 Å². The van der Waals surface area contributed by atoms with E-state index >= 15 is 0 Å². The van der Waals surface area contributed by atoms with E-state index in [0.29, 0.717) is 28.3 Å². The van der Waals surface area contributed by atoms with E-state index in [1.54, 1.807) is 25.3 Å². The molecule has 1 aromatic rings. The van der Waals surface area contributed by atoms with Crippen LogP contribution < -0.4 is 21.5 Å². The quantitative estimate of drug-likeness (QED) is 0.167. The molecular weight excluding hydrogens is 421 g/mol. The molecule has 1 heterocycles. The molecule has 1 fully saturated rings. The molecule has 2 rings (SSSR count). The van der Waals surface area contributed by atoms with Gasteiger partial charge in [-0.05, 0) is 60.9 Å². The standard InChI is InChI=1S/C19H27BBrN5O2/c1-3-15(25-13-6-8-26(20)9-7-13)17(18(21)22)19(23)24-11-12-4-5-14(27)10-16(12)28-2/h3-5,10,13,25,27H,6-9,11,22H2,1-2H3,(H2,23,24)/b15-3+,18-17?. The molecule has 0 aromatic heterocycles. The third-order valence-corrected chi connectivity index (χ3v) is 5.03. The Morgan fingerprint density at radius 2 is 2.11 bits per heavy atom. The maximum Gasteiger partial charge on any atom is 0.182 e. The Morgan fingerprint density at radius 3 is 2.68 bits per heavy atom. The lowest BCUT2D eigenvalue weighted by atomic mass is 10.0. The monoisotopic (exact) mass is 447 g/mol. The number of halogens is 1. The summed E-state index contributed by atoms with van der Waals surface area (Å²) in [6.45, 7) is 3.89. The SMILES string of the molecule is [B]N1CCC(N/C(=C/C)C(C(N)=NCc2ccc(O)cc2OC)=C(N)Br)CC1. The van der Waals surface area contributed by atoms with E-state index < -0.39 is 0 Å². The summed E-state index contributed by atoms with van der Waals surface area (Å²) in [7, 11) is 7.38. The van der Waals surface area contributed by atoms with Gasteiger partial charge in [0.25, 0.3) is 0 Å². The van der Waals surface area contributed by atoms with E-state index in [1.807, 2.05) is 17.8 Å². The van der Waals surface area contributed by atoms with Crippen LogP contribution in [0, 0.1) is 0 Å². The minimum atomic E-state index is 0.131. The summed E-state index contributed by atoms with van der Waals surface area (Å²) >= 11 is 3.35. The molecule has 1 aliphatic heterocycles. The summed E-state index contributed by atoms with van der Waals surface area (Å²) in [5, 5.41) is 13.1. The van der Waals surface area contributed by atoms with Gasteiger partial charge >= 0.3 is 0 Å². The molecule has 9 heteroatoms. The minimum Gasteiger partial charge on any atom is -0.508 e. The molecule has 0 saturated carbocycles. The average molecular weight is 448 g/mol. The van der Waals surface area contributed by atoms with Crippen molar-refractivity contribution in [2.45, 2.75) is 32.4 Å². The van der Waals surface area contributed by atoms with E-state index in [1.165, 1.54) is 0 Å². The normalized spacial score (nSPS) is 18.0. The van der Waals surface area contributed by atoms with Gasteiger partial charge in [0.05, 0.1) is 23.8 Å². The number of nitrogens with one attached hydrogen (secondary N) is 1. The van der Waals surface area contributed by atoms with Gasteiger partial charge in [-0.1, -0.05) is 6.08 Å². The number of ether oxygens (including phenoxy) is 1. The Hall–Kier alpha value is -2.13. The molecule has 0 unspecified atom stereocenters. The van der Waals surface area contributed by atoms with Crippen molar-refractivity contribution in [2.75, 3.05) is 20.2 Å². The molecule has 1 aliphatic rings. The zero-order chi connectivity index (χ0) is 20.7. The number of hydrogen-bond acceptors (Lipinski definition) is 6. The molecule has 0 bridgehead atoms. The molecule has 150 valence electrons. The highest BCUT2D eigenvalue weighted by Crippen LogP contribution is 2.25. The summed E-state index contributed by atoms with van der Waals surface area (Å²) in [5.41, 5.74) is 14.6. The summed E-state index contributed by atoms with van der Waals surface area (Å²) in [4.78, 5) is 6.31. The predicted octanol–water partition coefficient (Wildman–Crippen LogP) is 1.86. The molecule has 1 saturated heterocycles. The third kappa shape index (κ3) is 5.94. The van der Waals surface area contributed by atoms with Crippen molar-refractivity contribution >= 4 is 29.7 Å². The molecule has 6 N–H and O–H groups in total. The van der Waals surface area contributed by atoms with Gasteiger partial charge < -0.3 is 31.4 Å². The summed E-state index contributed by atoms with van der Waals surface area (Å²) in [5.74, 6) is 0.986. The average Bonchev–Trinajstić information content (AvgIpc) is 2.67. The van der Waals surface area contributed by atoms with Gasteiger partial charge in [0.1, 0.15) is 17.3 Å². The van der Waals surface area contributed by atoms with Crippen molar-refractivity contribution in [3.63, 3.8) is 0 Å². The maximum atomic E-state index is 9.59. The van der Waals surface area contributed by atoms with Crippen LogP contribution in [-0.2, 0) is 6.54 Å². The number of phenols is 1. The number of phenolic OH excluding ortho intramolecular Hbond substituents is 1. The highest BCUT2D eigenvalue weighted by Gasteiger charge is 2.20. The summed E-state index contributed by atoms with van der Waals surface area (Å²) in [6.07, 6.45) is 3.80. The first-order chi connectivity index (χ1) is 13.3. The fourth-order valence-electron chi connectivity index (χ4n) is 3.07. The van der Waals surface area contributed by atoms with Crippen molar-refractivity contribution in [2.24, 2.45) is 16.5 Å². The molecule has 1 aromatic carbocycles.